The molecule has 0 radical (unpaired) electrons. The maximum absolute atomic E-state index is 12.6. The molecule has 1 N–H and O–H groups in total. The molecule has 2 aliphatic heterocycles. The molecule has 2 fully saturated rings. The molecule has 6 nitrogen and oxygen atoms in total. The third-order valence-electron chi connectivity index (χ3n) is 4.54. The minimum atomic E-state index is -3.28. The zero-order chi connectivity index (χ0) is 15.3. The lowest BCUT2D eigenvalue weighted by Crippen LogP contribution is -2.52. The average molecular weight is 319 g/mol. The van der Waals surface area contributed by atoms with Gasteiger partial charge in [0.1, 0.15) is 0 Å². The van der Waals surface area contributed by atoms with E-state index in [0.29, 0.717) is 51.4 Å². The van der Waals surface area contributed by atoms with Gasteiger partial charge in [-0.1, -0.05) is 6.92 Å². The molecular formula is C14H29N3O3S. The van der Waals surface area contributed by atoms with Crippen molar-refractivity contribution in [3.63, 3.8) is 0 Å². The quantitative estimate of drug-likeness (QED) is 0.781. The van der Waals surface area contributed by atoms with Crippen LogP contribution in [0.4, 0.5) is 0 Å². The van der Waals surface area contributed by atoms with E-state index in [1.165, 1.54) is 0 Å². The molecule has 0 spiro atoms. The SMILES string of the molecule is CCCNC(C)C1CCN(S(=O)(=O)N2CCOCC2)CC1. The predicted octanol–water partition coefficient (Wildman–Crippen LogP) is 0.664. The molecule has 2 aliphatic rings. The topological polar surface area (TPSA) is 61.9 Å². The van der Waals surface area contributed by atoms with Crippen LogP contribution in [0.15, 0.2) is 0 Å². The normalized spacial score (nSPS) is 25.0. The van der Waals surface area contributed by atoms with E-state index < -0.39 is 10.2 Å². The number of nitrogens with zero attached hydrogens (tertiary/aromatic N) is 2. The van der Waals surface area contributed by atoms with Crippen molar-refractivity contribution in [3.05, 3.63) is 0 Å². The summed E-state index contributed by atoms with van der Waals surface area (Å²) >= 11 is 0. The summed E-state index contributed by atoms with van der Waals surface area (Å²) in [7, 11) is -3.28. The van der Waals surface area contributed by atoms with Crippen molar-refractivity contribution in [1.82, 2.24) is 13.9 Å². The maximum Gasteiger partial charge on any atom is 0.282 e. The molecule has 1 unspecified atom stereocenters. The lowest BCUT2D eigenvalue weighted by molar-refractivity contribution is 0.0691. The first-order valence-corrected chi connectivity index (χ1v) is 9.51. The van der Waals surface area contributed by atoms with Crippen LogP contribution in [0.25, 0.3) is 0 Å². The van der Waals surface area contributed by atoms with Crippen molar-refractivity contribution in [2.75, 3.05) is 45.9 Å². The maximum atomic E-state index is 12.6. The van der Waals surface area contributed by atoms with E-state index in [4.69, 9.17) is 4.74 Å². The van der Waals surface area contributed by atoms with Gasteiger partial charge in [-0.25, -0.2) is 0 Å². The van der Waals surface area contributed by atoms with E-state index in [-0.39, 0.29) is 0 Å². The lowest BCUT2D eigenvalue weighted by atomic mass is 9.91. The van der Waals surface area contributed by atoms with E-state index in [0.717, 1.165) is 25.8 Å². The lowest BCUT2D eigenvalue weighted by Gasteiger charge is -2.37. The third kappa shape index (κ3) is 4.39. The van der Waals surface area contributed by atoms with Crippen LogP contribution in [0.1, 0.15) is 33.1 Å². The molecule has 0 aliphatic carbocycles. The highest BCUT2D eigenvalue weighted by Crippen LogP contribution is 2.24. The minimum absolute atomic E-state index is 0.471. The Hall–Kier alpha value is -0.210. The Balaban J connectivity index is 1.85. The average Bonchev–Trinajstić information content (AvgIpc) is 2.53. The van der Waals surface area contributed by atoms with Crippen LogP contribution in [0.3, 0.4) is 0 Å². The van der Waals surface area contributed by atoms with Crippen LogP contribution in [0.2, 0.25) is 0 Å². The molecule has 124 valence electrons. The monoisotopic (exact) mass is 319 g/mol. The van der Waals surface area contributed by atoms with Gasteiger partial charge in [0, 0.05) is 32.2 Å². The van der Waals surface area contributed by atoms with Crippen molar-refractivity contribution in [2.24, 2.45) is 5.92 Å². The van der Waals surface area contributed by atoms with Gasteiger partial charge in [0.25, 0.3) is 10.2 Å². The first kappa shape index (κ1) is 17.1. The van der Waals surface area contributed by atoms with Crippen LogP contribution in [-0.2, 0) is 14.9 Å². The van der Waals surface area contributed by atoms with Crippen molar-refractivity contribution in [1.29, 1.82) is 0 Å². The van der Waals surface area contributed by atoms with Gasteiger partial charge in [-0.15, -0.1) is 0 Å². The summed E-state index contributed by atoms with van der Waals surface area (Å²) < 4.78 is 33.6. The van der Waals surface area contributed by atoms with Crippen molar-refractivity contribution in [2.45, 2.75) is 39.2 Å². The smallest absolute Gasteiger partial charge is 0.282 e. The Labute approximate surface area is 129 Å². The van der Waals surface area contributed by atoms with E-state index in [1.807, 2.05) is 0 Å². The number of piperidine rings is 1. The minimum Gasteiger partial charge on any atom is -0.379 e. The van der Waals surface area contributed by atoms with Gasteiger partial charge in [-0.3, -0.25) is 0 Å². The van der Waals surface area contributed by atoms with Crippen LogP contribution in [0, 0.1) is 5.92 Å². The highest BCUT2D eigenvalue weighted by Gasteiger charge is 2.34. The molecule has 0 saturated carbocycles. The predicted molar refractivity (Wildman–Crippen MR) is 83.4 cm³/mol. The molecule has 0 aromatic rings. The van der Waals surface area contributed by atoms with Gasteiger partial charge >= 0.3 is 0 Å². The second-order valence-corrected chi connectivity index (χ2v) is 7.93. The summed E-state index contributed by atoms with van der Waals surface area (Å²) in [4.78, 5) is 0. The molecule has 7 heteroatoms. The summed E-state index contributed by atoms with van der Waals surface area (Å²) in [5.41, 5.74) is 0. The Morgan fingerprint density at radius 1 is 1.14 bits per heavy atom. The number of nitrogens with one attached hydrogen (secondary N) is 1. The molecule has 1 atom stereocenters. The molecule has 0 bridgehead atoms. The Morgan fingerprint density at radius 2 is 1.71 bits per heavy atom. The van der Waals surface area contributed by atoms with Crippen LogP contribution < -0.4 is 5.32 Å². The summed E-state index contributed by atoms with van der Waals surface area (Å²) in [5.74, 6) is 0.577. The molecular weight excluding hydrogens is 290 g/mol. The number of hydrogen-bond donors (Lipinski definition) is 1. The fraction of sp³-hybridized carbons (Fsp3) is 1.00. The number of hydrogen-bond acceptors (Lipinski definition) is 4. The van der Waals surface area contributed by atoms with Crippen molar-refractivity contribution < 1.29 is 13.2 Å². The van der Waals surface area contributed by atoms with Gasteiger partial charge < -0.3 is 10.1 Å². The Kier molecular flexibility index (Phi) is 6.43. The highest BCUT2D eigenvalue weighted by atomic mass is 32.2. The molecule has 2 saturated heterocycles. The van der Waals surface area contributed by atoms with Gasteiger partial charge in [0.05, 0.1) is 13.2 Å². The summed E-state index contributed by atoms with van der Waals surface area (Å²) in [6, 6.07) is 0.471. The number of ether oxygens (including phenoxy) is 1. The molecule has 2 heterocycles. The van der Waals surface area contributed by atoms with Crippen LogP contribution in [-0.4, -0.2) is 69.0 Å². The molecule has 21 heavy (non-hydrogen) atoms. The first-order chi connectivity index (χ1) is 10.1. The third-order valence-corrected chi connectivity index (χ3v) is 6.58. The van der Waals surface area contributed by atoms with Crippen molar-refractivity contribution in [3.8, 4) is 0 Å². The van der Waals surface area contributed by atoms with E-state index in [1.54, 1.807) is 8.61 Å². The Morgan fingerprint density at radius 3 is 2.29 bits per heavy atom. The standard InChI is InChI=1S/C14H29N3O3S/c1-3-6-15-13(2)14-4-7-16(8-5-14)21(18,19)17-9-11-20-12-10-17/h13-15H,3-12H2,1-2H3. The molecule has 0 amide bonds. The van der Waals surface area contributed by atoms with E-state index in [2.05, 4.69) is 19.2 Å². The molecule has 0 aromatic carbocycles. The largest absolute Gasteiger partial charge is 0.379 e. The second-order valence-electron chi connectivity index (χ2n) is 6.00. The number of rotatable bonds is 6. The van der Waals surface area contributed by atoms with E-state index in [9.17, 15) is 8.42 Å². The van der Waals surface area contributed by atoms with Crippen LogP contribution >= 0.6 is 0 Å². The summed E-state index contributed by atoms with van der Waals surface area (Å²) in [6.45, 7) is 8.68. The molecule has 2 rings (SSSR count). The van der Waals surface area contributed by atoms with Gasteiger partial charge in [-0.05, 0) is 38.6 Å². The van der Waals surface area contributed by atoms with Crippen molar-refractivity contribution >= 4 is 10.2 Å². The molecule has 0 aromatic heterocycles. The highest BCUT2D eigenvalue weighted by molar-refractivity contribution is 7.86. The van der Waals surface area contributed by atoms with Gasteiger partial charge in [0.15, 0.2) is 0 Å². The first-order valence-electron chi connectivity index (χ1n) is 8.12. The van der Waals surface area contributed by atoms with Crippen LogP contribution in [0.5, 0.6) is 0 Å². The van der Waals surface area contributed by atoms with Gasteiger partial charge in [0.2, 0.25) is 0 Å². The zero-order valence-electron chi connectivity index (χ0n) is 13.3. The Bertz CT molecular complexity index is 402. The second kappa shape index (κ2) is 7.87. The number of morpholine rings is 1. The summed E-state index contributed by atoms with van der Waals surface area (Å²) in [6.07, 6.45) is 3.03. The fourth-order valence-electron chi connectivity index (χ4n) is 3.09. The summed E-state index contributed by atoms with van der Waals surface area (Å²) in [5, 5.41) is 3.52. The van der Waals surface area contributed by atoms with E-state index >= 15 is 0 Å². The zero-order valence-corrected chi connectivity index (χ0v) is 14.1. The fourth-order valence-corrected chi connectivity index (χ4v) is 4.70. The van der Waals surface area contributed by atoms with Gasteiger partial charge in [-0.2, -0.15) is 17.0 Å².